The van der Waals surface area contributed by atoms with Crippen molar-refractivity contribution < 1.29 is 9.90 Å². The van der Waals surface area contributed by atoms with Gasteiger partial charge < -0.3 is 5.11 Å². The summed E-state index contributed by atoms with van der Waals surface area (Å²) in [6, 6.07) is 4.07. The van der Waals surface area contributed by atoms with Crippen LogP contribution < -0.4 is 0 Å². The summed E-state index contributed by atoms with van der Waals surface area (Å²) in [6.45, 7) is 5.63. The van der Waals surface area contributed by atoms with E-state index >= 15 is 0 Å². The van der Waals surface area contributed by atoms with Crippen molar-refractivity contribution in [2.75, 3.05) is 0 Å². The Morgan fingerprint density at radius 1 is 1.64 bits per heavy atom. The van der Waals surface area contributed by atoms with Crippen LogP contribution >= 0.6 is 11.3 Å². The Balaban J connectivity index is 2.66. The lowest BCUT2D eigenvalue weighted by Gasteiger charge is -2.22. The molecule has 2 nitrogen and oxygen atoms in total. The minimum Gasteiger partial charge on any atom is -0.481 e. The highest BCUT2D eigenvalue weighted by Crippen LogP contribution is 2.33. The summed E-state index contributed by atoms with van der Waals surface area (Å²) >= 11 is 1.69. The molecule has 0 fully saturated rings. The van der Waals surface area contributed by atoms with Crippen LogP contribution in [0.5, 0.6) is 0 Å². The lowest BCUT2D eigenvalue weighted by Crippen LogP contribution is -2.25. The van der Waals surface area contributed by atoms with Gasteiger partial charge in [-0.25, -0.2) is 0 Å². The van der Waals surface area contributed by atoms with Crippen LogP contribution in [0.2, 0.25) is 0 Å². The number of hydrogen-bond donors (Lipinski definition) is 1. The summed E-state index contributed by atoms with van der Waals surface area (Å²) in [6.07, 6.45) is 0.683. The Morgan fingerprint density at radius 3 is 2.71 bits per heavy atom. The maximum atomic E-state index is 10.9. The smallest absolute Gasteiger partial charge is 0.309 e. The van der Waals surface area contributed by atoms with Crippen LogP contribution in [0.25, 0.3) is 0 Å². The highest BCUT2D eigenvalue weighted by Gasteiger charge is 2.29. The number of carboxylic acids is 1. The summed E-state index contributed by atoms with van der Waals surface area (Å²) < 4.78 is 0. The van der Waals surface area contributed by atoms with Gasteiger partial charge in [0.15, 0.2) is 0 Å². The molecule has 0 radical (unpaired) electrons. The number of aliphatic carboxylic acids is 1. The third-order valence-electron chi connectivity index (χ3n) is 2.42. The summed E-state index contributed by atoms with van der Waals surface area (Å²) in [5.74, 6) is -0.401. The topological polar surface area (TPSA) is 37.3 Å². The van der Waals surface area contributed by atoms with E-state index in [1.165, 1.54) is 4.88 Å². The summed E-state index contributed by atoms with van der Waals surface area (Å²) in [5, 5.41) is 11.0. The zero-order valence-corrected chi connectivity index (χ0v) is 9.60. The average Bonchev–Trinajstić information content (AvgIpc) is 2.54. The van der Waals surface area contributed by atoms with Crippen LogP contribution in [-0.2, 0) is 4.79 Å². The van der Waals surface area contributed by atoms with Crippen molar-refractivity contribution in [3.63, 3.8) is 0 Å². The van der Waals surface area contributed by atoms with Crippen molar-refractivity contribution >= 4 is 17.3 Å². The Hall–Kier alpha value is -0.830. The van der Waals surface area contributed by atoms with Gasteiger partial charge in [0, 0.05) is 4.88 Å². The minimum atomic E-state index is -0.721. The molecule has 0 aromatic carbocycles. The van der Waals surface area contributed by atoms with E-state index in [0.717, 1.165) is 0 Å². The van der Waals surface area contributed by atoms with Crippen molar-refractivity contribution in [2.45, 2.75) is 33.1 Å². The first-order valence-electron chi connectivity index (χ1n) is 4.70. The van der Waals surface area contributed by atoms with E-state index in [9.17, 15) is 4.79 Å². The number of rotatable bonds is 4. The molecule has 14 heavy (non-hydrogen) atoms. The molecule has 0 aliphatic carbocycles. The number of hydrogen-bond acceptors (Lipinski definition) is 2. The van der Waals surface area contributed by atoms with Crippen molar-refractivity contribution in [1.82, 2.24) is 0 Å². The standard InChI is InChI=1S/C11H16O2S/c1-8(9-5-4-6-14-9)7-11(2,3)10(12)13/h4-6,8H,7H2,1-3H3,(H,12,13). The van der Waals surface area contributed by atoms with Gasteiger partial charge in [0.25, 0.3) is 0 Å². The first-order chi connectivity index (χ1) is 6.43. The fourth-order valence-electron chi connectivity index (χ4n) is 1.53. The van der Waals surface area contributed by atoms with Crippen molar-refractivity contribution in [3.8, 4) is 0 Å². The molecule has 0 aliphatic rings. The van der Waals surface area contributed by atoms with E-state index in [-0.39, 0.29) is 0 Å². The second-order valence-corrected chi connectivity index (χ2v) is 5.29. The predicted octanol–water partition coefficient (Wildman–Crippen LogP) is 3.35. The largest absolute Gasteiger partial charge is 0.481 e. The van der Waals surface area contributed by atoms with Gasteiger partial charge >= 0.3 is 5.97 Å². The molecule has 0 amide bonds. The molecule has 0 bridgehead atoms. The molecule has 1 atom stereocenters. The molecule has 1 unspecified atom stereocenters. The molecular weight excluding hydrogens is 196 g/mol. The number of carbonyl (C=O) groups is 1. The normalized spacial score (nSPS) is 13.9. The Morgan fingerprint density at radius 2 is 2.29 bits per heavy atom. The summed E-state index contributed by atoms with van der Waals surface area (Å²) in [7, 11) is 0. The average molecular weight is 212 g/mol. The van der Waals surface area contributed by atoms with Gasteiger partial charge in [-0.3, -0.25) is 4.79 Å². The lowest BCUT2D eigenvalue weighted by molar-refractivity contribution is -0.147. The van der Waals surface area contributed by atoms with Crippen LogP contribution in [0.3, 0.4) is 0 Å². The fraction of sp³-hybridized carbons (Fsp3) is 0.545. The Bertz CT molecular complexity index is 301. The molecule has 1 aromatic heterocycles. The van der Waals surface area contributed by atoms with Crippen LogP contribution in [-0.4, -0.2) is 11.1 Å². The van der Waals surface area contributed by atoms with Crippen LogP contribution in [0.4, 0.5) is 0 Å². The molecule has 0 saturated carbocycles. The van der Waals surface area contributed by atoms with E-state index in [4.69, 9.17) is 5.11 Å². The zero-order valence-electron chi connectivity index (χ0n) is 8.78. The maximum absolute atomic E-state index is 10.9. The molecule has 1 N–H and O–H groups in total. The third kappa shape index (κ3) is 2.58. The molecule has 1 aromatic rings. The highest BCUT2D eigenvalue weighted by molar-refractivity contribution is 7.10. The molecular formula is C11H16O2S. The van der Waals surface area contributed by atoms with Gasteiger partial charge in [-0.15, -0.1) is 11.3 Å². The minimum absolute atomic E-state index is 0.320. The van der Waals surface area contributed by atoms with Crippen molar-refractivity contribution in [3.05, 3.63) is 22.4 Å². The zero-order chi connectivity index (χ0) is 10.8. The van der Waals surface area contributed by atoms with E-state index in [1.54, 1.807) is 25.2 Å². The van der Waals surface area contributed by atoms with Gasteiger partial charge in [-0.2, -0.15) is 0 Å². The van der Waals surface area contributed by atoms with Crippen LogP contribution in [0, 0.1) is 5.41 Å². The molecule has 0 saturated heterocycles. The first-order valence-corrected chi connectivity index (χ1v) is 5.58. The van der Waals surface area contributed by atoms with Crippen LogP contribution in [0.15, 0.2) is 17.5 Å². The molecule has 3 heteroatoms. The Kier molecular flexibility index (Phi) is 3.32. The molecule has 1 heterocycles. The summed E-state index contributed by atoms with van der Waals surface area (Å²) in [5.41, 5.74) is -0.636. The monoisotopic (exact) mass is 212 g/mol. The van der Waals surface area contributed by atoms with Crippen LogP contribution in [0.1, 0.15) is 38.0 Å². The lowest BCUT2D eigenvalue weighted by atomic mass is 9.83. The van der Waals surface area contributed by atoms with E-state index < -0.39 is 11.4 Å². The molecule has 0 spiro atoms. The van der Waals surface area contributed by atoms with Gasteiger partial charge in [0.2, 0.25) is 0 Å². The van der Waals surface area contributed by atoms with Gasteiger partial charge in [-0.1, -0.05) is 13.0 Å². The van der Waals surface area contributed by atoms with Crippen molar-refractivity contribution in [1.29, 1.82) is 0 Å². The van der Waals surface area contributed by atoms with Crippen molar-refractivity contribution in [2.24, 2.45) is 5.41 Å². The van der Waals surface area contributed by atoms with Gasteiger partial charge in [-0.05, 0) is 37.6 Å². The predicted molar refractivity (Wildman–Crippen MR) is 58.8 cm³/mol. The molecule has 0 aliphatic heterocycles. The highest BCUT2D eigenvalue weighted by atomic mass is 32.1. The van der Waals surface area contributed by atoms with E-state index in [2.05, 4.69) is 13.0 Å². The van der Waals surface area contributed by atoms with Gasteiger partial charge in [0.1, 0.15) is 0 Å². The third-order valence-corrected chi connectivity index (χ3v) is 3.53. The fourth-order valence-corrected chi connectivity index (χ4v) is 2.31. The first kappa shape index (κ1) is 11.2. The maximum Gasteiger partial charge on any atom is 0.309 e. The number of thiophene rings is 1. The van der Waals surface area contributed by atoms with E-state index in [0.29, 0.717) is 12.3 Å². The second kappa shape index (κ2) is 4.13. The van der Waals surface area contributed by atoms with Gasteiger partial charge in [0.05, 0.1) is 5.41 Å². The number of carboxylic acid groups (broad SMARTS) is 1. The Labute approximate surface area is 88.6 Å². The summed E-state index contributed by atoms with van der Waals surface area (Å²) in [4.78, 5) is 12.2. The quantitative estimate of drug-likeness (QED) is 0.831. The second-order valence-electron chi connectivity index (χ2n) is 4.31. The van der Waals surface area contributed by atoms with E-state index in [1.807, 2.05) is 11.4 Å². The molecule has 1 rings (SSSR count). The molecule has 78 valence electrons. The SMILES string of the molecule is CC(CC(C)(C)C(=O)O)c1cccs1.